The number of ether oxygens (including phenoxy) is 1. The van der Waals surface area contributed by atoms with Crippen molar-refractivity contribution in [2.24, 2.45) is 0 Å². The summed E-state index contributed by atoms with van der Waals surface area (Å²) in [6, 6.07) is 5.46. The zero-order valence-electron chi connectivity index (χ0n) is 9.62. The second kappa shape index (κ2) is 6.16. The van der Waals surface area contributed by atoms with Crippen molar-refractivity contribution in [1.29, 1.82) is 0 Å². The van der Waals surface area contributed by atoms with E-state index in [-0.39, 0.29) is 5.38 Å². The lowest BCUT2D eigenvalue weighted by atomic mass is 10.1. The highest BCUT2D eigenvalue weighted by Gasteiger charge is 2.17. The third-order valence-corrected chi connectivity index (χ3v) is 4.27. The van der Waals surface area contributed by atoms with Crippen LogP contribution in [0.3, 0.4) is 0 Å². The molecule has 1 atom stereocenters. The zero-order valence-corrected chi connectivity index (χ0v) is 12.7. The van der Waals surface area contributed by atoms with Crippen molar-refractivity contribution in [3.63, 3.8) is 0 Å². The number of halogens is 3. The lowest BCUT2D eigenvalue weighted by Gasteiger charge is -2.13. The molecule has 0 N–H and O–H groups in total. The highest BCUT2D eigenvalue weighted by Crippen LogP contribution is 2.39. The van der Waals surface area contributed by atoms with Crippen LogP contribution in [0.1, 0.15) is 23.4 Å². The lowest BCUT2D eigenvalue weighted by Crippen LogP contribution is -1.97. The fourth-order valence-electron chi connectivity index (χ4n) is 1.60. The van der Waals surface area contributed by atoms with Gasteiger partial charge in [0.2, 0.25) is 0 Å². The van der Waals surface area contributed by atoms with E-state index < -0.39 is 0 Å². The predicted molar refractivity (Wildman–Crippen MR) is 79.6 cm³/mol. The van der Waals surface area contributed by atoms with Gasteiger partial charge in [-0.2, -0.15) is 11.3 Å². The minimum absolute atomic E-state index is 0.295. The van der Waals surface area contributed by atoms with E-state index in [1.165, 1.54) is 0 Å². The normalized spacial score (nSPS) is 12.4. The Labute approximate surface area is 125 Å². The fraction of sp³-hybridized carbons (Fsp3) is 0.231. The quantitative estimate of drug-likeness (QED) is 0.648. The molecule has 0 saturated carbocycles. The molecule has 1 aromatic carbocycles. The fourth-order valence-corrected chi connectivity index (χ4v) is 3.23. The molecule has 0 radical (unpaired) electrons. The van der Waals surface area contributed by atoms with Crippen molar-refractivity contribution in [2.45, 2.75) is 12.3 Å². The van der Waals surface area contributed by atoms with Gasteiger partial charge in [-0.3, -0.25) is 0 Å². The molecule has 1 aromatic heterocycles. The van der Waals surface area contributed by atoms with Gasteiger partial charge in [0.15, 0.2) is 0 Å². The molecule has 18 heavy (non-hydrogen) atoms. The first-order chi connectivity index (χ1) is 8.63. The maximum Gasteiger partial charge on any atom is 0.139 e. The van der Waals surface area contributed by atoms with Crippen LogP contribution in [0.5, 0.6) is 5.75 Å². The molecule has 2 rings (SSSR count). The minimum atomic E-state index is -0.295. The largest absolute Gasteiger partial charge is 0.492 e. The van der Waals surface area contributed by atoms with Crippen molar-refractivity contribution >= 4 is 46.1 Å². The Hall–Kier alpha value is -0.410. The summed E-state index contributed by atoms with van der Waals surface area (Å²) in [4.78, 5) is 0. The Morgan fingerprint density at radius 1 is 1.28 bits per heavy atom. The van der Waals surface area contributed by atoms with Gasteiger partial charge in [0.25, 0.3) is 0 Å². The second-order valence-electron chi connectivity index (χ2n) is 3.66. The summed E-state index contributed by atoms with van der Waals surface area (Å²) in [6.45, 7) is 2.44. The summed E-state index contributed by atoms with van der Waals surface area (Å²) in [5, 5.41) is 4.77. The number of rotatable bonds is 4. The van der Waals surface area contributed by atoms with Gasteiger partial charge in [-0.05, 0) is 40.9 Å². The van der Waals surface area contributed by atoms with Crippen LogP contribution >= 0.6 is 46.1 Å². The second-order valence-corrected chi connectivity index (χ2v) is 5.69. The van der Waals surface area contributed by atoms with Gasteiger partial charge in [0, 0.05) is 11.1 Å². The molecule has 1 unspecified atom stereocenters. The van der Waals surface area contributed by atoms with Gasteiger partial charge >= 0.3 is 0 Å². The first-order valence-corrected chi connectivity index (χ1v) is 7.55. The van der Waals surface area contributed by atoms with Gasteiger partial charge in [-0.25, -0.2) is 0 Å². The van der Waals surface area contributed by atoms with Crippen molar-refractivity contribution in [3.8, 4) is 5.75 Å². The molecule has 0 saturated heterocycles. The molecule has 1 heterocycles. The van der Waals surface area contributed by atoms with E-state index >= 15 is 0 Å². The van der Waals surface area contributed by atoms with Crippen LogP contribution in [0.15, 0.2) is 29.0 Å². The van der Waals surface area contributed by atoms with Crippen molar-refractivity contribution < 1.29 is 4.74 Å². The predicted octanol–water partition coefficient (Wildman–Crippen LogP) is 5.78. The summed E-state index contributed by atoms with van der Waals surface area (Å²) in [5.74, 6) is 0.585. The Kier molecular flexibility index (Phi) is 4.79. The van der Waals surface area contributed by atoms with Gasteiger partial charge in [-0.15, -0.1) is 11.6 Å². The van der Waals surface area contributed by atoms with Crippen LogP contribution in [0.2, 0.25) is 10.0 Å². The Morgan fingerprint density at radius 3 is 2.67 bits per heavy atom. The van der Waals surface area contributed by atoms with E-state index in [4.69, 9.17) is 39.5 Å². The molecule has 0 amide bonds. The first kappa shape index (κ1) is 14.0. The summed E-state index contributed by atoms with van der Waals surface area (Å²) in [7, 11) is 0. The summed E-state index contributed by atoms with van der Waals surface area (Å²) in [6.07, 6.45) is 0. The number of thiophene rings is 1. The molecule has 0 bridgehead atoms. The van der Waals surface area contributed by atoms with E-state index in [0.717, 1.165) is 11.1 Å². The maximum absolute atomic E-state index is 6.40. The Balaban J connectivity index is 2.37. The molecule has 96 valence electrons. The topological polar surface area (TPSA) is 9.23 Å². The average molecular weight is 322 g/mol. The number of hydrogen-bond donors (Lipinski definition) is 0. The summed E-state index contributed by atoms with van der Waals surface area (Å²) >= 11 is 20.4. The highest BCUT2D eigenvalue weighted by molar-refractivity contribution is 7.08. The smallest absolute Gasteiger partial charge is 0.139 e. The zero-order chi connectivity index (χ0) is 13.1. The standard InChI is InChI=1S/C13H11Cl3OS/c1-2-17-12-6-10(14)9(5-11(12)15)13(16)8-3-4-18-7-8/h3-7,13H,2H2,1H3. The van der Waals surface area contributed by atoms with E-state index in [1.54, 1.807) is 23.5 Å². The van der Waals surface area contributed by atoms with Crippen LogP contribution < -0.4 is 4.74 Å². The van der Waals surface area contributed by atoms with Crippen LogP contribution in [-0.4, -0.2) is 6.61 Å². The highest BCUT2D eigenvalue weighted by atomic mass is 35.5. The molecule has 1 nitrogen and oxygen atoms in total. The van der Waals surface area contributed by atoms with E-state index in [0.29, 0.717) is 22.4 Å². The van der Waals surface area contributed by atoms with Crippen LogP contribution in [0, 0.1) is 0 Å². The average Bonchev–Trinajstić information content (AvgIpc) is 2.86. The van der Waals surface area contributed by atoms with Crippen LogP contribution in [0.4, 0.5) is 0 Å². The van der Waals surface area contributed by atoms with Gasteiger partial charge in [0.05, 0.1) is 17.0 Å². The lowest BCUT2D eigenvalue weighted by molar-refractivity contribution is 0.340. The van der Waals surface area contributed by atoms with Crippen molar-refractivity contribution in [3.05, 3.63) is 50.1 Å². The molecule has 0 fully saturated rings. The van der Waals surface area contributed by atoms with E-state index in [9.17, 15) is 0 Å². The molecular weight excluding hydrogens is 311 g/mol. The molecule has 5 heteroatoms. The van der Waals surface area contributed by atoms with Gasteiger partial charge in [0.1, 0.15) is 5.75 Å². The third kappa shape index (κ3) is 2.94. The van der Waals surface area contributed by atoms with Crippen molar-refractivity contribution in [1.82, 2.24) is 0 Å². The number of alkyl halides is 1. The molecule has 0 aliphatic heterocycles. The Bertz CT molecular complexity index is 525. The maximum atomic E-state index is 6.40. The molecular formula is C13H11Cl3OS. The Morgan fingerprint density at radius 2 is 2.06 bits per heavy atom. The molecule has 2 aromatic rings. The van der Waals surface area contributed by atoms with Gasteiger partial charge in [-0.1, -0.05) is 23.2 Å². The molecule has 0 aliphatic rings. The SMILES string of the molecule is CCOc1cc(Cl)c(C(Cl)c2ccsc2)cc1Cl. The van der Waals surface area contributed by atoms with E-state index in [1.807, 2.05) is 23.8 Å². The summed E-state index contributed by atoms with van der Waals surface area (Å²) in [5.41, 5.74) is 1.81. The summed E-state index contributed by atoms with van der Waals surface area (Å²) < 4.78 is 5.39. The monoisotopic (exact) mass is 320 g/mol. The minimum Gasteiger partial charge on any atom is -0.492 e. The molecule has 0 spiro atoms. The van der Waals surface area contributed by atoms with Gasteiger partial charge < -0.3 is 4.74 Å². The van der Waals surface area contributed by atoms with Crippen LogP contribution in [-0.2, 0) is 0 Å². The number of hydrogen-bond acceptors (Lipinski definition) is 2. The van der Waals surface area contributed by atoms with E-state index in [2.05, 4.69) is 0 Å². The number of benzene rings is 1. The van der Waals surface area contributed by atoms with Crippen LogP contribution in [0.25, 0.3) is 0 Å². The molecule has 0 aliphatic carbocycles. The third-order valence-electron chi connectivity index (χ3n) is 2.46. The first-order valence-electron chi connectivity index (χ1n) is 5.41. The van der Waals surface area contributed by atoms with Crippen molar-refractivity contribution in [2.75, 3.05) is 6.61 Å².